The molecular weight excluding hydrogens is 168 g/mol. The molecule has 0 aliphatic carbocycles. The van der Waals surface area contributed by atoms with E-state index < -0.39 is 6.04 Å². The average Bonchev–Trinajstić information content (AvgIpc) is 2.19. The summed E-state index contributed by atoms with van der Waals surface area (Å²) in [5, 5.41) is 10.9. The fourth-order valence-corrected chi connectivity index (χ4v) is 0.729. The number of aromatic nitrogens is 2. The highest BCUT2D eigenvalue weighted by Crippen LogP contribution is 1.93. The molecule has 0 aliphatic heterocycles. The molecule has 1 aromatic rings. The van der Waals surface area contributed by atoms with Crippen molar-refractivity contribution in [3.63, 3.8) is 0 Å². The average molecular weight is 176 g/mol. The summed E-state index contributed by atoms with van der Waals surface area (Å²) >= 11 is 0. The summed E-state index contributed by atoms with van der Waals surface area (Å²) in [5.74, 6) is -0.338. The van der Waals surface area contributed by atoms with Gasteiger partial charge in [0.05, 0.1) is 11.6 Å². The van der Waals surface area contributed by atoms with E-state index in [0.717, 1.165) is 0 Å². The maximum atomic E-state index is 11.3. The molecule has 66 valence electrons. The lowest BCUT2D eigenvalue weighted by Gasteiger charge is -2.04. The van der Waals surface area contributed by atoms with Crippen molar-refractivity contribution in [1.29, 1.82) is 5.26 Å². The maximum Gasteiger partial charge on any atom is 0.255 e. The number of nitriles is 1. The lowest BCUT2D eigenvalue weighted by Crippen LogP contribution is -2.31. The third-order valence-corrected chi connectivity index (χ3v) is 1.36. The number of amides is 1. The minimum absolute atomic E-state index is 0.338. The molecule has 5 heteroatoms. The molecule has 0 fully saturated rings. The Morgan fingerprint density at radius 1 is 1.62 bits per heavy atom. The Balaban J connectivity index is 2.66. The van der Waals surface area contributed by atoms with Gasteiger partial charge in [0.25, 0.3) is 5.91 Å². The number of hydrogen-bond acceptors (Lipinski definition) is 4. The molecule has 1 heterocycles. The lowest BCUT2D eigenvalue weighted by atomic mass is 10.3. The molecule has 0 saturated carbocycles. The Morgan fingerprint density at radius 2 is 2.23 bits per heavy atom. The van der Waals surface area contributed by atoms with Crippen molar-refractivity contribution >= 4 is 5.91 Å². The van der Waals surface area contributed by atoms with Crippen molar-refractivity contribution < 1.29 is 4.79 Å². The molecule has 1 rings (SSSR count). The van der Waals surface area contributed by atoms with Crippen LogP contribution in [0, 0.1) is 11.3 Å². The fraction of sp³-hybridized carbons (Fsp3) is 0.250. The maximum absolute atomic E-state index is 11.3. The van der Waals surface area contributed by atoms with Gasteiger partial charge in [-0.2, -0.15) is 5.26 Å². The Hall–Kier alpha value is -1.96. The molecule has 1 aromatic heterocycles. The highest BCUT2D eigenvalue weighted by Gasteiger charge is 2.08. The summed E-state index contributed by atoms with van der Waals surface area (Å²) in [6.45, 7) is 1.60. The van der Waals surface area contributed by atoms with Crippen molar-refractivity contribution in [3.8, 4) is 6.07 Å². The molecule has 5 nitrogen and oxygen atoms in total. The first-order valence-corrected chi connectivity index (χ1v) is 3.69. The van der Waals surface area contributed by atoms with E-state index in [1.165, 1.54) is 18.7 Å². The SMILES string of the molecule is C[C@@H](C#N)NC(=O)c1cncnc1. The molecule has 0 spiro atoms. The molecule has 13 heavy (non-hydrogen) atoms. The van der Waals surface area contributed by atoms with Crippen molar-refractivity contribution in [3.05, 3.63) is 24.3 Å². The van der Waals surface area contributed by atoms with E-state index >= 15 is 0 Å². The van der Waals surface area contributed by atoms with Crippen LogP contribution in [0.2, 0.25) is 0 Å². The molecule has 1 amide bonds. The second-order valence-electron chi connectivity index (χ2n) is 2.45. The molecule has 1 N–H and O–H groups in total. The smallest absolute Gasteiger partial charge is 0.255 e. The summed E-state index contributed by atoms with van der Waals surface area (Å²) < 4.78 is 0. The largest absolute Gasteiger partial charge is 0.336 e. The second-order valence-corrected chi connectivity index (χ2v) is 2.45. The predicted octanol–water partition coefficient (Wildman–Crippen LogP) is 0.118. The monoisotopic (exact) mass is 176 g/mol. The summed E-state index contributed by atoms with van der Waals surface area (Å²) in [6, 6.07) is 1.39. The van der Waals surface area contributed by atoms with Gasteiger partial charge in [-0.25, -0.2) is 9.97 Å². The zero-order valence-corrected chi connectivity index (χ0v) is 7.06. The van der Waals surface area contributed by atoms with Gasteiger partial charge in [0.2, 0.25) is 0 Å². The number of rotatable bonds is 2. The van der Waals surface area contributed by atoms with Gasteiger partial charge in [0, 0.05) is 12.4 Å². The fourth-order valence-electron chi connectivity index (χ4n) is 0.729. The molecule has 0 radical (unpaired) electrons. The summed E-state index contributed by atoms with van der Waals surface area (Å²) in [6.07, 6.45) is 4.13. The molecule has 0 bridgehead atoms. The minimum Gasteiger partial charge on any atom is -0.336 e. The van der Waals surface area contributed by atoms with E-state index in [-0.39, 0.29) is 5.91 Å². The number of hydrogen-bond donors (Lipinski definition) is 1. The lowest BCUT2D eigenvalue weighted by molar-refractivity contribution is 0.0947. The van der Waals surface area contributed by atoms with Gasteiger partial charge in [-0.3, -0.25) is 4.79 Å². The molecule has 1 atom stereocenters. The van der Waals surface area contributed by atoms with E-state index in [9.17, 15) is 4.79 Å². The van der Waals surface area contributed by atoms with Gasteiger partial charge in [0.15, 0.2) is 0 Å². The van der Waals surface area contributed by atoms with Crippen molar-refractivity contribution in [2.75, 3.05) is 0 Å². The summed E-state index contributed by atoms with van der Waals surface area (Å²) in [4.78, 5) is 18.6. The van der Waals surface area contributed by atoms with Crippen molar-refractivity contribution in [1.82, 2.24) is 15.3 Å². The van der Waals surface area contributed by atoms with Gasteiger partial charge in [-0.1, -0.05) is 0 Å². The molecular formula is C8H8N4O. The van der Waals surface area contributed by atoms with E-state index in [2.05, 4.69) is 15.3 Å². The van der Waals surface area contributed by atoms with Crippen LogP contribution < -0.4 is 5.32 Å². The summed E-state index contributed by atoms with van der Waals surface area (Å²) in [7, 11) is 0. The van der Waals surface area contributed by atoms with Gasteiger partial charge in [-0.05, 0) is 6.92 Å². The van der Waals surface area contributed by atoms with Crippen LogP contribution in [0.25, 0.3) is 0 Å². The van der Waals surface area contributed by atoms with Gasteiger partial charge in [-0.15, -0.1) is 0 Å². The first kappa shape index (κ1) is 9.13. The number of nitrogens with one attached hydrogen (secondary N) is 1. The Bertz CT molecular complexity index is 330. The van der Waals surface area contributed by atoms with Crippen LogP contribution >= 0.6 is 0 Å². The molecule has 0 saturated heterocycles. The highest BCUT2D eigenvalue weighted by molar-refractivity contribution is 5.93. The van der Waals surface area contributed by atoms with Gasteiger partial charge < -0.3 is 5.32 Å². The van der Waals surface area contributed by atoms with Crippen LogP contribution in [0.3, 0.4) is 0 Å². The van der Waals surface area contributed by atoms with Crippen LogP contribution in [0.1, 0.15) is 17.3 Å². The standard InChI is InChI=1S/C8H8N4O/c1-6(2-9)12-8(13)7-3-10-5-11-4-7/h3-6H,1H3,(H,12,13)/t6-/m0/s1. The zero-order chi connectivity index (χ0) is 9.68. The molecule has 0 aliphatic rings. The van der Waals surface area contributed by atoms with E-state index in [4.69, 9.17) is 5.26 Å². The zero-order valence-electron chi connectivity index (χ0n) is 7.06. The highest BCUT2D eigenvalue weighted by atomic mass is 16.1. The Labute approximate surface area is 75.4 Å². The quantitative estimate of drug-likeness (QED) is 0.694. The van der Waals surface area contributed by atoms with Crippen LogP contribution in [0.4, 0.5) is 0 Å². The number of nitrogens with zero attached hydrogens (tertiary/aromatic N) is 3. The Kier molecular flexibility index (Phi) is 2.92. The van der Waals surface area contributed by atoms with Crippen LogP contribution in [-0.2, 0) is 0 Å². The first-order valence-electron chi connectivity index (χ1n) is 3.69. The van der Waals surface area contributed by atoms with Crippen LogP contribution in [-0.4, -0.2) is 21.9 Å². The third kappa shape index (κ3) is 2.52. The van der Waals surface area contributed by atoms with Gasteiger partial charge >= 0.3 is 0 Å². The van der Waals surface area contributed by atoms with Crippen molar-refractivity contribution in [2.24, 2.45) is 0 Å². The topological polar surface area (TPSA) is 78.7 Å². The van der Waals surface area contributed by atoms with Crippen LogP contribution in [0.5, 0.6) is 0 Å². The summed E-state index contributed by atoms with van der Waals surface area (Å²) in [5.41, 5.74) is 0.351. The number of carbonyl (C=O) groups excluding carboxylic acids is 1. The van der Waals surface area contributed by atoms with Crippen LogP contribution in [0.15, 0.2) is 18.7 Å². The predicted molar refractivity (Wildman–Crippen MR) is 44.6 cm³/mol. The normalized spacial score (nSPS) is 11.4. The molecule has 0 unspecified atom stereocenters. The van der Waals surface area contributed by atoms with E-state index in [1.807, 2.05) is 6.07 Å². The van der Waals surface area contributed by atoms with Crippen molar-refractivity contribution in [2.45, 2.75) is 13.0 Å². The first-order chi connectivity index (χ1) is 6.24. The van der Waals surface area contributed by atoms with E-state index in [1.54, 1.807) is 6.92 Å². The second kappa shape index (κ2) is 4.16. The third-order valence-electron chi connectivity index (χ3n) is 1.36. The Morgan fingerprint density at radius 3 is 2.77 bits per heavy atom. The van der Waals surface area contributed by atoms with E-state index in [0.29, 0.717) is 5.56 Å². The number of carbonyl (C=O) groups is 1. The minimum atomic E-state index is -0.507. The molecule has 0 aromatic carbocycles. The van der Waals surface area contributed by atoms with Gasteiger partial charge in [0.1, 0.15) is 12.4 Å².